The van der Waals surface area contributed by atoms with Gasteiger partial charge in [0, 0.05) is 50.0 Å². The van der Waals surface area contributed by atoms with Gasteiger partial charge in [0.15, 0.2) is 0 Å². The second-order valence-corrected chi connectivity index (χ2v) is 6.37. The van der Waals surface area contributed by atoms with E-state index in [4.69, 9.17) is 0 Å². The van der Waals surface area contributed by atoms with Crippen LogP contribution in [0.15, 0.2) is 54.6 Å². The van der Waals surface area contributed by atoms with E-state index in [-0.39, 0.29) is 11.8 Å². The van der Waals surface area contributed by atoms with Gasteiger partial charge in [-0.2, -0.15) is 0 Å². The SMILES string of the molecule is CN1CCN(C(=O)c2ccc(C(=O)N(C)c3ccccc3)cc2)CC1. The average Bonchev–Trinajstić information content (AvgIpc) is 2.67. The molecule has 2 aromatic carbocycles. The molecule has 0 unspecified atom stereocenters. The number of piperazine rings is 1. The van der Waals surface area contributed by atoms with E-state index in [1.165, 1.54) is 0 Å². The molecule has 130 valence electrons. The van der Waals surface area contributed by atoms with Gasteiger partial charge in [-0.05, 0) is 43.4 Å². The van der Waals surface area contributed by atoms with Gasteiger partial charge in [0.05, 0.1) is 0 Å². The van der Waals surface area contributed by atoms with E-state index < -0.39 is 0 Å². The van der Waals surface area contributed by atoms with Crippen molar-refractivity contribution in [1.29, 1.82) is 0 Å². The third-order valence-electron chi connectivity index (χ3n) is 4.62. The van der Waals surface area contributed by atoms with Gasteiger partial charge in [0.25, 0.3) is 11.8 Å². The fourth-order valence-corrected chi connectivity index (χ4v) is 2.91. The fourth-order valence-electron chi connectivity index (χ4n) is 2.91. The molecule has 25 heavy (non-hydrogen) atoms. The van der Waals surface area contributed by atoms with Gasteiger partial charge in [0.2, 0.25) is 0 Å². The second-order valence-electron chi connectivity index (χ2n) is 6.37. The first-order valence-electron chi connectivity index (χ1n) is 8.47. The van der Waals surface area contributed by atoms with Crippen molar-refractivity contribution in [3.8, 4) is 0 Å². The molecule has 0 spiro atoms. The molecular weight excluding hydrogens is 314 g/mol. The summed E-state index contributed by atoms with van der Waals surface area (Å²) in [6, 6.07) is 16.4. The lowest BCUT2D eigenvalue weighted by Gasteiger charge is -2.32. The third kappa shape index (κ3) is 3.88. The summed E-state index contributed by atoms with van der Waals surface area (Å²) in [5.74, 6) is -0.0618. The maximum Gasteiger partial charge on any atom is 0.258 e. The summed E-state index contributed by atoms with van der Waals surface area (Å²) in [7, 11) is 3.81. The molecule has 5 nitrogen and oxygen atoms in total. The quantitative estimate of drug-likeness (QED) is 0.863. The normalized spacial score (nSPS) is 15.0. The Morgan fingerprint density at radius 2 is 1.40 bits per heavy atom. The Kier molecular flexibility index (Phi) is 5.14. The van der Waals surface area contributed by atoms with E-state index in [1.54, 1.807) is 36.2 Å². The highest BCUT2D eigenvalue weighted by Crippen LogP contribution is 2.16. The fraction of sp³-hybridized carbons (Fsp3) is 0.300. The minimum absolute atomic E-state index is 0.0310. The molecule has 2 aromatic rings. The Bertz CT molecular complexity index is 735. The van der Waals surface area contributed by atoms with Gasteiger partial charge >= 0.3 is 0 Å². The summed E-state index contributed by atoms with van der Waals surface area (Å²) >= 11 is 0. The van der Waals surface area contributed by atoms with Crippen LogP contribution in [0.4, 0.5) is 5.69 Å². The number of carbonyl (C=O) groups is 2. The first kappa shape index (κ1) is 17.2. The molecule has 1 fully saturated rings. The van der Waals surface area contributed by atoms with Crippen molar-refractivity contribution >= 4 is 17.5 Å². The molecule has 1 aliphatic rings. The zero-order valence-electron chi connectivity index (χ0n) is 14.7. The Balaban J connectivity index is 1.69. The van der Waals surface area contributed by atoms with Crippen molar-refractivity contribution in [2.24, 2.45) is 0 Å². The van der Waals surface area contributed by atoms with Crippen LogP contribution in [0.25, 0.3) is 0 Å². The summed E-state index contributed by atoms with van der Waals surface area (Å²) in [6.45, 7) is 3.27. The Labute approximate surface area is 148 Å². The van der Waals surface area contributed by atoms with Gasteiger partial charge in [-0.1, -0.05) is 18.2 Å². The van der Waals surface area contributed by atoms with Crippen LogP contribution in [0, 0.1) is 0 Å². The zero-order valence-corrected chi connectivity index (χ0v) is 14.7. The molecule has 0 N–H and O–H groups in total. The molecular formula is C20H23N3O2. The first-order chi connectivity index (χ1) is 12.1. The molecule has 3 rings (SSSR count). The third-order valence-corrected chi connectivity index (χ3v) is 4.62. The topological polar surface area (TPSA) is 43.9 Å². The maximum absolute atomic E-state index is 12.6. The number of hydrogen-bond donors (Lipinski definition) is 0. The molecule has 0 aromatic heterocycles. The molecule has 1 aliphatic heterocycles. The lowest BCUT2D eigenvalue weighted by Crippen LogP contribution is -2.47. The number of benzene rings is 2. The number of hydrogen-bond acceptors (Lipinski definition) is 3. The first-order valence-corrected chi connectivity index (χ1v) is 8.47. The largest absolute Gasteiger partial charge is 0.336 e. The highest BCUT2D eigenvalue weighted by Gasteiger charge is 2.21. The van der Waals surface area contributed by atoms with Crippen LogP contribution in [0.1, 0.15) is 20.7 Å². The molecule has 1 heterocycles. The predicted octanol–water partition coefficient (Wildman–Crippen LogP) is 2.35. The van der Waals surface area contributed by atoms with Crippen LogP contribution >= 0.6 is 0 Å². The number of amides is 2. The summed E-state index contributed by atoms with van der Waals surface area (Å²) in [4.78, 5) is 30.8. The summed E-state index contributed by atoms with van der Waals surface area (Å²) in [6.07, 6.45) is 0. The molecule has 0 radical (unpaired) electrons. The highest BCUT2D eigenvalue weighted by atomic mass is 16.2. The van der Waals surface area contributed by atoms with Crippen LogP contribution in [0.3, 0.4) is 0 Å². The highest BCUT2D eigenvalue weighted by molar-refractivity contribution is 6.06. The molecule has 0 aliphatic carbocycles. The van der Waals surface area contributed by atoms with Crippen molar-refractivity contribution in [2.75, 3.05) is 45.2 Å². The zero-order chi connectivity index (χ0) is 17.8. The molecule has 5 heteroatoms. The summed E-state index contributed by atoms with van der Waals surface area (Å²) in [5.41, 5.74) is 2.04. The minimum atomic E-state index is -0.0928. The molecule has 0 atom stereocenters. The maximum atomic E-state index is 12.6. The lowest BCUT2D eigenvalue weighted by atomic mass is 10.1. The molecule has 0 saturated carbocycles. The van der Waals surface area contributed by atoms with E-state index in [2.05, 4.69) is 11.9 Å². The van der Waals surface area contributed by atoms with E-state index in [9.17, 15) is 9.59 Å². The van der Waals surface area contributed by atoms with Gasteiger partial charge in [0.1, 0.15) is 0 Å². The second kappa shape index (κ2) is 7.49. The Morgan fingerprint density at radius 1 is 0.840 bits per heavy atom. The van der Waals surface area contributed by atoms with Gasteiger partial charge in [-0.3, -0.25) is 9.59 Å². The molecule has 1 saturated heterocycles. The van der Waals surface area contributed by atoms with Crippen LogP contribution in [0.2, 0.25) is 0 Å². The lowest BCUT2D eigenvalue weighted by molar-refractivity contribution is 0.0663. The predicted molar refractivity (Wildman–Crippen MR) is 99.0 cm³/mol. The van der Waals surface area contributed by atoms with Crippen molar-refractivity contribution in [1.82, 2.24) is 9.80 Å². The number of anilines is 1. The van der Waals surface area contributed by atoms with E-state index in [0.717, 1.165) is 31.9 Å². The number of rotatable bonds is 3. The average molecular weight is 337 g/mol. The van der Waals surface area contributed by atoms with E-state index >= 15 is 0 Å². The number of likely N-dealkylation sites (N-methyl/N-ethyl adjacent to an activating group) is 1. The number of nitrogens with zero attached hydrogens (tertiary/aromatic N) is 3. The number of carbonyl (C=O) groups excluding carboxylic acids is 2. The smallest absolute Gasteiger partial charge is 0.258 e. The summed E-state index contributed by atoms with van der Waals surface area (Å²) < 4.78 is 0. The van der Waals surface area contributed by atoms with Crippen molar-refractivity contribution in [3.05, 3.63) is 65.7 Å². The Morgan fingerprint density at radius 3 is 2.00 bits per heavy atom. The minimum Gasteiger partial charge on any atom is -0.336 e. The molecule has 2 amide bonds. The van der Waals surface area contributed by atoms with Crippen molar-refractivity contribution in [3.63, 3.8) is 0 Å². The monoisotopic (exact) mass is 337 g/mol. The number of para-hydroxylation sites is 1. The molecule has 0 bridgehead atoms. The summed E-state index contributed by atoms with van der Waals surface area (Å²) in [5, 5.41) is 0. The standard InChI is InChI=1S/C20H23N3O2/c1-21-12-14-23(15-13-21)20(25)17-10-8-16(9-11-17)19(24)22(2)18-6-4-3-5-7-18/h3-11H,12-15H2,1-2H3. The Hall–Kier alpha value is -2.66. The van der Waals surface area contributed by atoms with Gasteiger partial charge in [-0.15, -0.1) is 0 Å². The van der Waals surface area contributed by atoms with Crippen molar-refractivity contribution in [2.45, 2.75) is 0 Å². The van der Waals surface area contributed by atoms with E-state index in [0.29, 0.717) is 11.1 Å². The van der Waals surface area contributed by atoms with Gasteiger partial charge < -0.3 is 14.7 Å². The van der Waals surface area contributed by atoms with Crippen LogP contribution in [-0.4, -0.2) is 61.9 Å². The van der Waals surface area contributed by atoms with Crippen LogP contribution < -0.4 is 4.90 Å². The van der Waals surface area contributed by atoms with Crippen molar-refractivity contribution < 1.29 is 9.59 Å². The van der Waals surface area contributed by atoms with Gasteiger partial charge in [-0.25, -0.2) is 0 Å². The van der Waals surface area contributed by atoms with Crippen LogP contribution in [0.5, 0.6) is 0 Å². The van der Waals surface area contributed by atoms with Crippen LogP contribution in [-0.2, 0) is 0 Å². The van der Waals surface area contributed by atoms with E-state index in [1.807, 2.05) is 35.2 Å².